The number of aldehydes is 1. The lowest BCUT2D eigenvalue weighted by atomic mass is 10.1. The number of hydrogen-bond acceptors (Lipinski definition) is 19. The van der Waals surface area contributed by atoms with Crippen molar-refractivity contribution in [2.24, 2.45) is 23.1 Å². The number of thioether (sulfide) groups is 2. The van der Waals surface area contributed by atoms with Gasteiger partial charge in [-0.15, -0.1) is 23.5 Å². The van der Waals surface area contributed by atoms with Gasteiger partial charge in [-0.05, 0) is 39.2 Å². The molecule has 13 N–H and O–H groups in total. The van der Waals surface area contributed by atoms with Gasteiger partial charge in [0.05, 0.1) is 61.8 Å². The fourth-order valence-corrected chi connectivity index (χ4v) is 9.17. The highest BCUT2D eigenvalue weighted by Gasteiger charge is 2.31. The lowest BCUT2D eigenvalue weighted by molar-refractivity contribution is -0.143. The zero-order valence-electron chi connectivity index (χ0n) is 46.1. The van der Waals surface area contributed by atoms with E-state index in [4.69, 9.17) is 31.4 Å². The summed E-state index contributed by atoms with van der Waals surface area (Å²) in [6.07, 6.45) is 4.83. The Bertz CT molecular complexity index is 1730. The van der Waals surface area contributed by atoms with E-state index in [1.807, 2.05) is 20.8 Å². The van der Waals surface area contributed by atoms with Crippen molar-refractivity contribution in [2.75, 3.05) is 157 Å². The van der Waals surface area contributed by atoms with Crippen molar-refractivity contribution in [3.63, 3.8) is 0 Å². The van der Waals surface area contributed by atoms with Crippen LogP contribution in [0.4, 0.5) is 0 Å². The number of nitrogens with two attached hydrogens (primary N) is 3. The molecule has 0 saturated heterocycles. The number of carbonyl (C=O) groups is 9. The minimum atomic E-state index is -1.24. The number of hydrogen-bond donors (Lipinski definition) is 10. The first-order valence-electron chi connectivity index (χ1n) is 26.4. The van der Waals surface area contributed by atoms with E-state index in [-0.39, 0.29) is 98.0 Å². The Morgan fingerprint density at radius 2 is 1.22 bits per heavy atom. The van der Waals surface area contributed by atoms with E-state index in [0.29, 0.717) is 111 Å². The van der Waals surface area contributed by atoms with Gasteiger partial charge in [-0.2, -0.15) is 0 Å². The summed E-state index contributed by atoms with van der Waals surface area (Å²) < 4.78 is 17.0. The van der Waals surface area contributed by atoms with Gasteiger partial charge in [0.2, 0.25) is 41.4 Å². The topological polar surface area (TPSA) is 353 Å². The highest BCUT2D eigenvalue weighted by Crippen LogP contribution is 2.30. The number of nitrogens with zero attached hydrogens (tertiary/aromatic N) is 3. The van der Waals surface area contributed by atoms with Crippen molar-refractivity contribution in [1.82, 2.24) is 51.9 Å². The Morgan fingerprint density at radius 1 is 0.645 bits per heavy atom. The molecule has 0 fully saturated rings. The van der Waals surface area contributed by atoms with Crippen LogP contribution >= 0.6 is 23.5 Å². The second kappa shape index (κ2) is 46.6. The second-order valence-electron chi connectivity index (χ2n) is 17.6. The highest BCUT2D eigenvalue weighted by atomic mass is 32.2. The summed E-state index contributed by atoms with van der Waals surface area (Å²) in [7, 11) is 4.54. The quantitative estimate of drug-likeness (QED) is 0.0170. The van der Waals surface area contributed by atoms with Crippen LogP contribution < -0.4 is 54.4 Å². The number of ether oxygens (including phenoxy) is 3. The molecule has 0 heterocycles. The third-order valence-electron chi connectivity index (χ3n) is 11.0. The van der Waals surface area contributed by atoms with Crippen LogP contribution in [0, 0.1) is 5.92 Å². The molecule has 76 heavy (non-hydrogen) atoms. The summed E-state index contributed by atoms with van der Waals surface area (Å²) in [6, 6.07) is -2.47. The van der Waals surface area contributed by atoms with Crippen molar-refractivity contribution >= 4 is 77.1 Å². The second-order valence-corrected chi connectivity index (χ2v) is 19.6. The monoisotopic (exact) mass is 1120 g/mol. The predicted molar refractivity (Wildman–Crippen MR) is 297 cm³/mol. The molecule has 2 atom stereocenters. The fraction of sp³-hybridized carbons (Fsp3) is 0.776. The van der Waals surface area contributed by atoms with Gasteiger partial charge in [-0.1, -0.05) is 33.6 Å². The van der Waals surface area contributed by atoms with Crippen LogP contribution in [0.5, 0.6) is 0 Å². The summed E-state index contributed by atoms with van der Waals surface area (Å²) in [5.74, 6) is -4.59. The molecular formula is C49H93N13O12S2. The molecule has 0 saturated carbocycles. The minimum absolute atomic E-state index is 0.0618. The van der Waals surface area contributed by atoms with Gasteiger partial charge in [-0.25, -0.2) is 0 Å². The number of likely N-dealkylation sites (N-methyl/N-ethyl adjacent to an activating group) is 3. The van der Waals surface area contributed by atoms with E-state index < -0.39 is 47.5 Å². The normalized spacial score (nSPS) is 12.3. The van der Waals surface area contributed by atoms with Crippen LogP contribution in [0.1, 0.15) is 72.1 Å². The summed E-state index contributed by atoms with van der Waals surface area (Å²) in [6.45, 7) is 11.3. The van der Waals surface area contributed by atoms with Gasteiger partial charge in [-0.3, -0.25) is 43.2 Å². The molecule has 0 aliphatic rings. The molecule has 438 valence electrons. The van der Waals surface area contributed by atoms with Crippen molar-refractivity contribution in [1.29, 1.82) is 0 Å². The summed E-state index contributed by atoms with van der Waals surface area (Å²) >= 11 is 1.68. The van der Waals surface area contributed by atoms with Gasteiger partial charge >= 0.3 is 0 Å². The Balaban J connectivity index is 5.90. The number of primary amides is 1. The smallest absolute Gasteiger partial charge is 0.261 e. The number of rotatable bonds is 49. The minimum Gasteiger partial charge on any atom is -0.379 e. The zero-order chi connectivity index (χ0) is 56.9. The molecule has 0 aliphatic carbocycles. The third kappa shape index (κ3) is 33.7. The molecule has 8 amide bonds. The Hall–Kier alpha value is -4.45. The van der Waals surface area contributed by atoms with Crippen LogP contribution in [-0.2, 0) is 57.4 Å². The molecule has 25 nitrogen and oxygen atoms in total. The van der Waals surface area contributed by atoms with E-state index in [0.717, 1.165) is 36.4 Å². The molecule has 27 heteroatoms. The average molecular weight is 1120 g/mol. The van der Waals surface area contributed by atoms with Crippen LogP contribution in [0.25, 0.3) is 0 Å². The Morgan fingerprint density at radius 3 is 1.78 bits per heavy atom. The van der Waals surface area contributed by atoms with E-state index in [1.54, 1.807) is 7.05 Å². The molecule has 0 aromatic rings. The molecule has 0 spiro atoms. The SMILES string of the molecule is CCCCCC(=O)NC(CS/C(C=O)=C(\SC[C@H](NC(=O)CNC)C(N)=O)C(=O)N(C)CCCOCCOCCOCCCNC(=O)C(CNCCN)CNCCN)C(=O)N(CCC)CC(=O)N(CCC)CC(=O)NC. The van der Waals surface area contributed by atoms with E-state index in [2.05, 4.69) is 37.2 Å². The van der Waals surface area contributed by atoms with Crippen LogP contribution in [0.2, 0.25) is 0 Å². The molecule has 0 aromatic heterocycles. The predicted octanol–water partition coefficient (Wildman–Crippen LogP) is -2.54. The number of nitrogens with one attached hydrogen (secondary N) is 7. The fourth-order valence-electron chi connectivity index (χ4n) is 6.91. The highest BCUT2D eigenvalue weighted by molar-refractivity contribution is 8.07. The van der Waals surface area contributed by atoms with Crippen molar-refractivity contribution < 1.29 is 57.4 Å². The lowest BCUT2D eigenvalue weighted by Crippen LogP contribution is -2.53. The molecule has 0 aromatic carbocycles. The molecule has 0 rings (SSSR count). The molecule has 0 radical (unpaired) electrons. The summed E-state index contributed by atoms with van der Waals surface area (Å²) in [4.78, 5) is 122. The van der Waals surface area contributed by atoms with Crippen molar-refractivity contribution in [3.05, 3.63) is 9.81 Å². The van der Waals surface area contributed by atoms with Gasteiger partial charge in [0.25, 0.3) is 5.91 Å². The first-order chi connectivity index (χ1) is 36.6. The van der Waals surface area contributed by atoms with Gasteiger partial charge in [0.1, 0.15) is 12.1 Å². The van der Waals surface area contributed by atoms with Crippen molar-refractivity contribution in [3.8, 4) is 0 Å². The van der Waals surface area contributed by atoms with E-state index in [1.165, 1.54) is 28.8 Å². The number of unbranched alkanes of at least 4 members (excludes halogenated alkanes) is 2. The maximum absolute atomic E-state index is 14.4. The van der Waals surface area contributed by atoms with Gasteiger partial charge < -0.3 is 83.3 Å². The Kier molecular flexibility index (Phi) is 43.9. The molecule has 0 bridgehead atoms. The number of allylic oxidation sites excluding steroid dienone is 1. The third-order valence-corrected chi connectivity index (χ3v) is 13.4. The number of carbonyl (C=O) groups excluding carboxylic acids is 9. The summed E-state index contributed by atoms with van der Waals surface area (Å²) in [5.41, 5.74) is 16.7. The van der Waals surface area contributed by atoms with Crippen molar-refractivity contribution in [2.45, 2.75) is 84.2 Å². The van der Waals surface area contributed by atoms with Crippen LogP contribution in [0.15, 0.2) is 9.81 Å². The van der Waals surface area contributed by atoms with Crippen LogP contribution in [-0.4, -0.2) is 238 Å². The average Bonchev–Trinajstić information content (AvgIpc) is 3.39. The first-order valence-corrected chi connectivity index (χ1v) is 28.4. The van der Waals surface area contributed by atoms with E-state index >= 15 is 0 Å². The molecular weight excluding hydrogens is 1030 g/mol. The molecule has 1 unspecified atom stereocenters. The maximum atomic E-state index is 14.4. The van der Waals surface area contributed by atoms with E-state index in [9.17, 15) is 43.2 Å². The number of amides is 8. The largest absolute Gasteiger partial charge is 0.379 e. The lowest BCUT2D eigenvalue weighted by Gasteiger charge is -2.30. The van der Waals surface area contributed by atoms with Gasteiger partial charge in [0, 0.05) is 111 Å². The zero-order valence-corrected chi connectivity index (χ0v) is 47.7. The van der Waals surface area contributed by atoms with Gasteiger partial charge in [0.15, 0.2) is 6.29 Å². The first kappa shape index (κ1) is 71.5. The maximum Gasteiger partial charge on any atom is 0.261 e. The standard InChI is InChI=1S/C49H93N13O12S2/c1-7-10-11-14-41(64)59-39(48(70)62(21-9-3)33-44(67)61(20-8-2)32-43(66)54-5)36-75-40(34-63)45(76-35-38(46(52)68)58-42(65)31-53-4)49(71)60(6)22-13-24-73-26-28-74-27-25-72-23-12-17-57-47(69)37(29-55-18-15-50)30-56-19-16-51/h34,37-39,53,55-56H,7-33,35-36,50-51H2,1-6H3,(H2,52,68)(H,54,66)(H,57,69)(H,58,65)(H,59,64)/b45-40-/t38-,39?/m0/s1. The Labute approximate surface area is 459 Å². The molecule has 0 aliphatic heterocycles. The summed E-state index contributed by atoms with van der Waals surface area (Å²) in [5, 5.41) is 19.8. The van der Waals surface area contributed by atoms with Crippen LogP contribution in [0.3, 0.4) is 0 Å².